The number of ketones is 1. The van der Waals surface area contributed by atoms with Crippen molar-refractivity contribution < 1.29 is 9.53 Å². The zero-order valence-corrected chi connectivity index (χ0v) is 9.98. The van der Waals surface area contributed by atoms with Crippen molar-refractivity contribution in [3.05, 3.63) is 35.9 Å². The van der Waals surface area contributed by atoms with Crippen molar-refractivity contribution in [3.63, 3.8) is 0 Å². The minimum atomic E-state index is -0.546. The fraction of sp³-hybridized carbons (Fsp3) is 0.462. The van der Waals surface area contributed by atoms with Gasteiger partial charge in [-0.3, -0.25) is 4.79 Å². The summed E-state index contributed by atoms with van der Waals surface area (Å²) in [6.07, 6.45) is 0.785. The molecule has 0 bridgehead atoms. The van der Waals surface area contributed by atoms with Gasteiger partial charge in [-0.25, -0.2) is 0 Å². The quantitative estimate of drug-likeness (QED) is 0.757. The molecule has 0 radical (unpaired) electrons. The van der Waals surface area contributed by atoms with E-state index in [0.717, 1.165) is 12.0 Å². The summed E-state index contributed by atoms with van der Waals surface area (Å²) in [7, 11) is 0. The van der Waals surface area contributed by atoms with Crippen LogP contribution in [0.2, 0.25) is 0 Å². The van der Waals surface area contributed by atoms with E-state index in [2.05, 4.69) is 0 Å². The Morgan fingerprint density at radius 1 is 1.44 bits per heavy atom. The first-order valence-corrected chi connectivity index (χ1v) is 5.98. The lowest BCUT2D eigenvalue weighted by Gasteiger charge is -2.16. The molecule has 3 unspecified atom stereocenters. The predicted molar refractivity (Wildman–Crippen MR) is 63.6 cm³/mol. The third-order valence-corrected chi connectivity index (χ3v) is 3.55. The van der Waals surface area contributed by atoms with Gasteiger partial charge in [0.15, 0.2) is 5.78 Å². The number of halogens is 1. The number of hydrogen-bond donors (Lipinski definition) is 0. The second-order valence-electron chi connectivity index (χ2n) is 4.15. The van der Waals surface area contributed by atoms with Gasteiger partial charge in [0, 0.05) is 12.5 Å². The summed E-state index contributed by atoms with van der Waals surface area (Å²) in [4.78, 5) is 12.1. The zero-order chi connectivity index (χ0) is 11.5. The van der Waals surface area contributed by atoms with Crippen LogP contribution in [0.5, 0.6) is 0 Å². The molecule has 1 saturated heterocycles. The number of alkyl halides is 1. The van der Waals surface area contributed by atoms with Crippen molar-refractivity contribution in [2.45, 2.75) is 24.8 Å². The average Bonchev–Trinajstić information content (AvgIpc) is 2.75. The summed E-state index contributed by atoms with van der Waals surface area (Å²) < 4.78 is 5.39. The van der Waals surface area contributed by atoms with Gasteiger partial charge in [0.25, 0.3) is 0 Å². The maximum absolute atomic E-state index is 12.1. The van der Waals surface area contributed by atoms with Gasteiger partial charge < -0.3 is 4.74 Å². The smallest absolute Gasteiger partial charge is 0.160 e. The van der Waals surface area contributed by atoms with Crippen LogP contribution < -0.4 is 0 Å². The molecule has 3 atom stereocenters. The maximum atomic E-state index is 12.1. The SMILES string of the molecule is CC1OCCC1C(=O)C(Cl)c1ccccc1. The van der Waals surface area contributed by atoms with Crippen LogP contribution in [0.3, 0.4) is 0 Å². The van der Waals surface area contributed by atoms with Crippen molar-refractivity contribution in [2.75, 3.05) is 6.61 Å². The Morgan fingerprint density at radius 2 is 2.12 bits per heavy atom. The highest BCUT2D eigenvalue weighted by Crippen LogP contribution is 2.31. The number of carbonyl (C=O) groups is 1. The van der Waals surface area contributed by atoms with E-state index in [1.54, 1.807) is 0 Å². The molecule has 1 fully saturated rings. The Bertz CT molecular complexity index is 363. The number of carbonyl (C=O) groups excluding carboxylic acids is 1. The normalized spacial score (nSPS) is 26.6. The first kappa shape index (κ1) is 11.6. The summed E-state index contributed by atoms with van der Waals surface area (Å²) in [6, 6.07) is 9.48. The zero-order valence-electron chi connectivity index (χ0n) is 9.23. The molecule has 1 aliphatic rings. The van der Waals surface area contributed by atoms with Crippen molar-refractivity contribution in [1.29, 1.82) is 0 Å². The molecule has 0 aliphatic carbocycles. The fourth-order valence-electron chi connectivity index (χ4n) is 2.08. The molecule has 86 valence electrons. The van der Waals surface area contributed by atoms with Crippen molar-refractivity contribution in [2.24, 2.45) is 5.92 Å². The highest BCUT2D eigenvalue weighted by atomic mass is 35.5. The summed E-state index contributed by atoms with van der Waals surface area (Å²) in [5.41, 5.74) is 0.869. The fourth-order valence-corrected chi connectivity index (χ4v) is 2.39. The Kier molecular flexibility index (Phi) is 3.62. The lowest BCUT2D eigenvalue weighted by Crippen LogP contribution is -2.24. The molecule has 1 aliphatic heterocycles. The van der Waals surface area contributed by atoms with Gasteiger partial charge in [-0.1, -0.05) is 30.3 Å². The first-order chi connectivity index (χ1) is 7.70. The van der Waals surface area contributed by atoms with Gasteiger partial charge in [-0.15, -0.1) is 11.6 Å². The van der Waals surface area contributed by atoms with Gasteiger partial charge in [-0.2, -0.15) is 0 Å². The molecule has 3 heteroatoms. The Labute approximate surface area is 101 Å². The Hall–Kier alpha value is -0.860. The highest BCUT2D eigenvalue weighted by Gasteiger charge is 2.34. The van der Waals surface area contributed by atoms with E-state index < -0.39 is 5.38 Å². The second-order valence-corrected chi connectivity index (χ2v) is 4.58. The van der Waals surface area contributed by atoms with Gasteiger partial charge in [0.2, 0.25) is 0 Å². The molecule has 1 aromatic rings. The molecule has 0 saturated carbocycles. The van der Waals surface area contributed by atoms with Gasteiger partial charge >= 0.3 is 0 Å². The number of ether oxygens (including phenoxy) is 1. The van der Waals surface area contributed by atoms with Crippen LogP contribution in [-0.2, 0) is 9.53 Å². The van der Waals surface area contributed by atoms with Gasteiger partial charge in [-0.05, 0) is 18.9 Å². The topological polar surface area (TPSA) is 26.3 Å². The van der Waals surface area contributed by atoms with Crippen LogP contribution in [0.15, 0.2) is 30.3 Å². The first-order valence-electron chi connectivity index (χ1n) is 5.54. The Morgan fingerprint density at radius 3 is 2.69 bits per heavy atom. The third kappa shape index (κ3) is 2.28. The number of hydrogen-bond acceptors (Lipinski definition) is 2. The predicted octanol–water partition coefficient (Wildman–Crippen LogP) is 2.96. The van der Waals surface area contributed by atoms with Gasteiger partial charge in [0.05, 0.1) is 6.10 Å². The molecule has 1 heterocycles. The minimum Gasteiger partial charge on any atom is -0.378 e. The summed E-state index contributed by atoms with van der Waals surface area (Å²) in [5, 5.41) is -0.546. The molecule has 2 nitrogen and oxygen atoms in total. The third-order valence-electron chi connectivity index (χ3n) is 3.08. The van der Waals surface area contributed by atoms with Crippen LogP contribution >= 0.6 is 11.6 Å². The number of Topliss-reactive ketones (excluding diaryl/α,β-unsaturated/α-hetero) is 1. The van der Waals surface area contributed by atoms with E-state index in [1.165, 1.54) is 0 Å². The molecule has 0 spiro atoms. The summed E-state index contributed by atoms with van der Waals surface area (Å²) in [5.74, 6) is 0.0283. The average molecular weight is 239 g/mol. The van der Waals surface area contributed by atoms with Crippen molar-refractivity contribution in [1.82, 2.24) is 0 Å². The number of benzene rings is 1. The molecular formula is C13H15ClO2. The van der Waals surface area contributed by atoms with Crippen LogP contribution in [-0.4, -0.2) is 18.5 Å². The molecule has 0 amide bonds. The van der Waals surface area contributed by atoms with E-state index in [0.29, 0.717) is 6.61 Å². The molecule has 0 aromatic heterocycles. The van der Waals surface area contributed by atoms with E-state index in [4.69, 9.17) is 16.3 Å². The molecule has 2 rings (SSSR count). The van der Waals surface area contributed by atoms with Gasteiger partial charge in [0.1, 0.15) is 5.38 Å². The highest BCUT2D eigenvalue weighted by molar-refractivity contribution is 6.31. The summed E-state index contributed by atoms with van der Waals surface area (Å²) in [6.45, 7) is 2.60. The minimum absolute atomic E-state index is 0.00235. The summed E-state index contributed by atoms with van der Waals surface area (Å²) >= 11 is 6.20. The number of rotatable bonds is 3. The van der Waals surface area contributed by atoms with Crippen LogP contribution in [0, 0.1) is 5.92 Å². The van der Waals surface area contributed by atoms with E-state index in [1.807, 2.05) is 37.3 Å². The van der Waals surface area contributed by atoms with E-state index >= 15 is 0 Å². The lowest BCUT2D eigenvalue weighted by atomic mass is 9.92. The molecule has 1 aromatic carbocycles. The largest absolute Gasteiger partial charge is 0.378 e. The molecule has 0 N–H and O–H groups in total. The van der Waals surface area contributed by atoms with Crippen LogP contribution in [0.1, 0.15) is 24.3 Å². The lowest BCUT2D eigenvalue weighted by molar-refractivity contribution is -0.123. The molecule has 16 heavy (non-hydrogen) atoms. The van der Waals surface area contributed by atoms with E-state index in [-0.39, 0.29) is 17.8 Å². The van der Waals surface area contributed by atoms with Crippen molar-refractivity contribution >= 4 is 17.4 Å². The second kappa shape index (κ2) is 4.98. The van der Waals surface area contributed by atoms with Crippen LogP contribution in [0.25, 0.3) is 0 Å². The maximum Gasteiger partial charge on any atom is 0.160 e. The van der Waals surface area contributed by atoms with Crippen molar-refractivity contribution in [3.8, 4) is 0 Å². The monoisotopic (exact) mass is 238 g/mol. The van der Waals surface area contributed by atoms with E-state index in [9.17, 15) is 4.79 Å². The van der Waals surface area contributed by atoms with Crippen LogP contribution in [0.4, 0.5) is 0 Å². The molecular weight excluding hydrogens is 224 g/mol. The standard InChI is InChI=1S/C13H15ClO2/c1-9-11(7-8-16-9)13(15)12(14)10-5-3-2-4-6-10/h2-6,9,11-12H,7-8H2,1H3. The Balaban J connectivity index is 2.10.